The normalized spacial score (nSPS) is 19.3. The van der Waals surface area contributed by atoms with Gasteiger partial charge in [0.1, 0.15) is 22.9 Å². The number of methoxy groups -OCH3 is 2. The van der Waals surface area contributed by atoms with E-state index in [1.807, 2.05) is 6.07 Å². The van der Waals surface area contributed by atoms with E-state index in [0.717, 1.165) is 18.4 Å². The van der Waals surface area contributed by atoms with E-state index < -0.39 is 0 Å². The lowest BCUT2D eigenvalue weighted by Gasteiger charge is -2.47. The van der Waals surface area contributed by atoms with E-state index in [1.165, 1.54) is 12.1 Å². The van der Waals surface area contributed by atoms with Crippen molar-refractivity contribution in [1.29, 1.82) is 0 Å². The minimum atomic E-state index is -0.247. The molecule has 1 atom stereocenters. The zero-order chi connectivity index (χ0) is 21.8. The number of rotatable bonds is 8. The first-order valence-corrected chi connectivity index (χ1v) is 10.5. The molecule has 2 heterocycles. The van der Waals surface area contributed by atoms with Crippen LogP contribution in [0.3, 0.4) is 0 Å². The second-order valence-electron chi connectivity index (χ2n) is 8.30. The van der Waals surface area contributed by atoms with Gasteiger partial charge in [-0.1, -0.05) is 12.1 Å². The number of amides is 1. The van der Waals surface area contributed by atoms with Crippen LogP contribution in [0.4, 0.5) is 4.39 Å². The number of ether oxygens (including phenoxy) is 4. The monoisotopic (exact) mass is 429 g/mol. The summed E-state index contributed by atoms with van der Waals surface area (Å²) in [4.78, 5) is 14.7. The predicted molar refractivity (Wildman–Crippen MR) is 113 cm³/mol. The van der Waals surface area contributed by atoms with Gasteiger partial charge in [-0.25, -0.2) is 4.39 Å². The van der Waals surface area contributed by atoms with Crippen LogP contribution < -0.4 is 9.47 Å². The molecule has 0 aliphatic carbocycles. The first-order chi connectivity index (χ1) is 15.0. The molecule has 2 aliphatic heterocycles. The topological polar surface area (TPSA) is 57.2 Å². The fourth-order valence-electron chi connectivity index (χ4n) is 4.32. The van der Waals surface area contributed by atoms with Crippen molar-refractivity contribution in [3.63, 3.8) is 0 Å². The van der Waals surface area contributed by atoms with Crippen LogP contribution in [0.2, 0.25) is 0 Å². The fourth-order valence-corrected chi connectivity index (χ4v) is 4.32. The van der Waals surface area contributed by atoms with Gasteiger partial charge in [0.15, 0.2) is 0 Å². The van der Waals surface area contributed by atoms with Gasteiger partial charge in [0.2, 0.25) is 0 Å². The Morgan fingerprint density at radius 3 is 2.58 bits per heavy atom. The van der Waals surface area contributed by atoms with Gasteiger partial charge in [0.25, 0.3) is 5.91 Å². The molecule has 1 spiro atoms. The fraction of sp³-hybridized carbons (Fsp3) is 0.458. The number of carbonyl (C=O) groups excluding carboxylic acids is 1. The number of nitrogens with zero attached hydrogens (tertiary/aromatic N) is 1. The van der Waals surface area contributed by atoms with Crippen LogP contribution in [0.1, 0.15) is 28.8 Å². The van der Waals surface area contributed by atoms with Crippen molar-refractivity contribution in [1.82, 2.24) is 4.90 Å². The number of carbonyl (C=O) groups is 1. The summed E-state index contributed by atoms with van der Waals surface area (Å²) in [6.07, 6.45) is 1.81. The summed E-state index contributed by atoms with van der Waals surface area (Å²) in [6, 6.07) is 11.7. The molecule has 2 aromatic rings. The van der Waals surface area contributed by atoms with Crippen LogP contribution in [-0.4, -0.2) is 56.9 Å². The Kier molecular flexibility index (Phi) is 6.43. The summed E-state index contributed by atoms with van der Waals surface area (Å²) in [5.41, 5.74) is 1.14. The number of likely N-dealkylation sites (tertiary alicyclic amines) is 1. The Morgan fingerprint density at radius 1 is 1.16 bits per heavy atom. The highest BCUT2D eigenvalue weighted by Crippen LogP contribution is 2.40. The lowest BCUT2D eigenvalue weighted by atomic mass is 9.85. The maximum absolute atomic E-state index is 13.2. The van der Waals surface area contributed by atoms with E-state index in [2.05, 4.69) is 0 Å². The van der Waals surface area contributed by atoms with Crippen molar-refractivity contribution in [2.45, 2.75) is 25.0 Å². The molecule has 0 saturated carbocycles. The van der Waals surface area contributed by atoms with Crippen LogP contribution in [0, 0.1) is 11.7 Å². The Balaban J connectivity index is 1.23. The Morgan fingerprint density at radius 2 is 1.90 bits per heavy atom. The molecule has 166 valence electrons. The zero-order valence-corrected chi connectivity index (χ0v) is 17.9. The molecule has 0 aromatic heterocycles. The quantitative estimate of drug-likeness (QED) is 0.599. The predicted octanol–water partition coefficient (Wildman–Crippen LogP) is 3.68. The highest BCUT2D eigenvalue weighted by molar-refractivity contribution is 5.95. The van der Waals surface area contributed by atoms with E-state index in [4.69, 9.17) is 18.9 Å². The molecule has 7 heteroatoms. The molecule has 2 aliphatic rings. The van der Waals surface area contributed by atoms with Gasteiger partial charge in [-0.15, -0.1) is 0 Å². The third-order valence-corrected chi connectivity index (χ3v) is 5.96. The summed E-state index contributed by atoms with van der Waals surface area (Å²) < 4.78 is 35.5. The van der Waals surface area contributed by atoms with Crippen molar-refractivity contribution in [3.8, 4) is 11.5 Å². The largest absolute Gasteiger partial charge is 0.497 e. The molecule has 2 fully saturated rings. The third-order valence-electron chi connectivity index (χ3n) is 5.96. The first-order valence-electron chi connectivity index (χ1n) is 10.5. The highest BCUT2D eigenvalue weighted by atomic mass is 19.1. The number of benzene rings is 2. The van der Waals surface area contributed by atoms with Gasteiger partial charge in [-0.3, -0.25) is 4.79 Å². The van der Waals surface area contributed by atoms with E-state index in [1.54, 1.807) is 43.4 Å². The van der Waals surface area contributed by atoms with Crippen molar-refractivity contribution < 1.29 is 28.1 Å². The van der Waals surface area contributed by atoms with Crippen LogP contribution in [0.5, 0.6) is 11.5 Å². The van der Waals surface area contributed by atoms with E-state index in [0.29, 0.717) is 55.9 Å². The van der Waals surface area contributed by atoms with Gasteiger partial charge < -0.3 is 23.8 Å². The second-order valence-corrected chi connectivity index (χ2v) is 8.30. The van der Waals surface area contributed by atoms with Gasteiger partial charge in [-0.05, 0) is 48.6 Å². The minimum Gasteiger partial charge on any atom is -0.497 e. The average Bonchev–Trinajstić information content (AvgIpc) is 3.19. The summed E-state index contributed by atoms with van der Waals surface area (Å²) in [6.45, 7) is 2.87. The molecule has 1 unspecified atom stereocenters. The molecule has 4 rings (SSSR count). The molecular weight excluding hydrogens is 401 g/mol. The number of hydrogen-bond donors (Lipinski definition) is 0. The van der Waals surface area contributed by atoms with Gasteiger partial charge >= 0.3 is 0 Å². The molecule has 31 heavy (non-hydrogen) atoms. The molecule has 2 saturated heterocycles. The summed E-state index contributed by atoms with van der Waals surface area (Å²) in [7, 11) is 3.13. The lowest BCUT2D eigenvalue weighted by Crippen LogP contribution is -2.63. The number of hydrogen-bond acceptors (Lipinski definition) is 5. The summed E-state index contributed by atoms with van der Waals surface area (Å²) in [5, 5.41) is 0. The third kappa shape index (κ3) is 4.99. The van der Waals surface area contributed by atoms with Crippen molar-refractivity contribution in [2.24, 2.45) is 5.92 Å². The van der Waals surface area contributed by atoms with Gasteiger partial charge in [-0.2, -0.15) is 0 Å². The highest BCUT2D eigenvalue weighted by Gasteiger charge is 2.51. The lowest BCUT2D eigenvalue weighted by molar-refractivity contribution is -0.0950. The molecule has 6 nitrogen and oxygen atoms in total. The van der Waals surface area contributed by atoms with Gasteiger partial charge in [0, 0.05) is 18.2 Å². The van der Waals surface area contributed by atoms with Gasteiger partial charge in [0.05, 0.1) is 40.5 Å². The molecule has 1 amide bonds. The van der Waals surface area contributed by atoms with E-state index in [9.17, 15) is 9.18 Å². The average molecular weight is 429 g/mol. The Bertz CT molecular complexity index is 906. The van der Waals surface area contributed by atoms with E-state index >= 15 is 0 Å². The standard InChI is InChI=1S/C24H28FNO5/c1-28-21-9-19(10-22(11-21)29-2)23(27)26-15-24(16-26)12-18(14-31-24)6-7-30-13-17-4-3-5-20(25)8-17/h3-5,8-11,18H,6-7,12-16H2,1-2H3. The Hall–Kier alpha value is -2.64. The molecule has 0 N–H and O–H groups in total. The van der Waals surface area contributed by atoms with Crippen LogP contribution >= 0.6 is 0 Å². The smallest absolute Gasteiger partial charge is 0.254 e. The first kappa shape index (κ1) is 21.6. The van der Waals surface area contributed by atoms with Crippen molar-refractivity contribution in [3.05, 3.63) is 59.4 Å². The van der Waals surface area contributed by atoms with Crippen LogP contribution in [0.25, 0.3) is 0 Å². The van der Waals surface area contributed by atoms with Crippen LogP contribution in [0.15, 0.2) is 42.5 Å². The zero-order valence-electron chi connectivity index (χ0n) is 17.9. The minimum absolute atomic E-state index is 0.0479. The SMILES string of the molecule is COc1cc(OC)cc(C(=O)N2CC3(CC(CCOCc4cccc(F)c4)CO3)C2)c1. The molecule has 0 radical (unpaired) electrons. The molecule has 2 aromatic carbocycles. The Labute approximate surface area is 181 Å². The van der Waals surface area contributed by atoms with Crippen molar-refractivity contribution in [2.75, 3.05) is 40.5 Å². The maximum Gasteiger partial charge on any atom is 0.254 e. The molecule has 0 bridgehead atoms. The summed E-state index contributed by atoms with van der Waals surface area (Å²) in [5.74, 6) is 1.29. The maximum atomic E-state index is 13.2. The van der Waals surface area contributed by atoms with Crippen molar-refractivity contribution >= 4 is 5.91 Å². The van der Waals surface area contributed by atoms with Crippen LogP contribution in [-0.2, 0) is 16.1 Å². The van der Waals surface area contributed by atoms with E-state index in [-0.39, 0.29) is 17.3 Å². The molecular formula is C24H28FNO5. The number of halogens is 1. The summed E-state index contributed by atoms with van der Waals surface area (Å²) >= 11 is 0. The second kappa shape index (κ2) is 9.24.